The molecule has 0 aliphatic heterocycles. The van der Waals surface area contributed by atoms with Gasteiger partial charge in [0, 0.05) is 30.7 Å². The number of hydrogen-bond donors (Lipinski definition) is 2. The summed E-state index contributed by atoms with van der Waals surface area (Å²) in [5.41, 5.74) is 0.582. The number of nitrogens with zero attached hydrogens (tertiary/aromatic N) is 1. The van der Waals surface area contributed by atoms with Crippen molar-refractivity contribution in [1.82, 2.24) is 10.6 Å². The predicted octanol–water partition coefficient (Wildman–Crippen LogP) is 2.64. The molecule has 0 aliphatic rings. The van der Waals surface area contributed by atoms with Gasteiger partial charge in [-0.05, 0) is 43.3 Å². The Kier molecular flexibility index (Phi) is 7.86. The minimum absolute atomic E-state index is 0.0303. The number of benzene rings is 2. The fraction of sp³-hybridized carbons (Fsp3) is 0.263. The molecule has 0 aromatic heterocycles. The number of carbonyl (C=O) groups excluding carboxylic acids is 2. The van der Waals surface area contributed by atoms with Gasteiger partial charge < -0.3 is 15.4 Å². The van der Waals surface area contributed by atoms with Crippen molar-refractivity contribution in [1.29, 1.82) is 0 Å². The van der Waals surface area contributed by atoms with E-state index < -0.39 is 22.0 Å². The maximum Gasteiger partial charge on any atom is 0.407 e. The Morgan fingerprint density at radius 3 is 2.45 bits per heavy atom. The Hall–Kier alpha value is -2.78. The molecule has 0 fully saturated rings. The number of carbonyl (C=O) groups is 2. The third-order valence-electron chi connectivity index (χ3n) is 3.88. The van der Waals surface area contributed by atoms with Crippen LogP contribution in [0.15, 0.2) is 53.4 Å². The third kappa shape index (κ3) is 6.10. The second kappa shape index (κ2) is 10.1. The maximum absolute atomic E-state index is 12.9. The second-order valence-electron chi connectivity index (χ2n) is 5.88. The smallest absolute Gasteiger partial charge is 0.407 e. The largest absolute Gasteiger partial charge is 0.450 e. The SMILES string of the molecule is CCOC(=O)NCCNC(=O)c1cccc(S(=O)(=O)N(C)c2cccc(Cl)c2)c1. The van der Waals surface area contributed by atoms with Crippen molar-refractivity contribution in [3.8, 4) is 0 Å². The predicted molar refractivity (Wildman–Crippen MR) is 111 cm³/mol. The van der Waals surface area contributed by atoms with Crippen LogP contribution in [-0.4, -0.2) is 47.2 Å². The number of hydrogen-bond acceptors (Lipinski definition) is 5. The first-order chi connectivity index (χ1) is 13.8. The molecule has 156 valence electrons. The molecule has 2 N–H and O–H groups in total. The number of rotatable bonds is 8. The van der Waals surface area contributed by atoms with E-state index in [0.717, 1.165) is 4.31 Å². The van der Waals surface area contributed by atoms with Crippen LogP contribution in [0.1, 0.15) is 17.3 Å². The fourth-order valence-corrected chi connectivity index (χ4v) is 3.81. The molecule has 10 heteroatoms. The van der Waals surface area contributed by atoms with Gasteiger partial charge in [-0.1, -0.05) is 23.7 Å². The summed E-state index contributed by atoms with van der Waals surface area (Å²) < 4.78 is 31.6. The zero-order valence-electron chi connectivity index (χ0n) is 16.0. The van der Waals surface area contributed by atoms with Crippen LogP contribution in [0, 0.1) is 0 Å². The molecule has 29 heavy (non-hydrogen) atoms. The summed E-state index contributed by atoms with van der Waals surface area (Å²) in [5, 5.41) is 5.49. The third-order valence-corrected chi connectivity index (χ3v) is 5.90. The molecule has 0 unspecified atom stereocenters. The molecule has 0 saturated heterocycles. The van der Waals surface area contributed by atoms with E-state index in [0.29, 0.717) is 10.7 Å². The molecule has 2 aromatic rings. The van der Waals surface area contributed by atoms with Gasteiger partial charge in [0.25, 0.3) is 15.9 Å². The summed E-state index contributed by atoms with van der Waals surface area (Å²) >= 11 is 5.94. The van der Waals surface area contributed by atoms with Crippen LogP contribution in [0.3, 0.4) is 0 Å². The van der Waals surface area contributed by atoms with Crippen molar-refractivity contribution >= 4 is 39.3 Å². The van der Waals surface area contributed by atoms with Gasteiger partial charge in [-0.25, -0.2) is 13.2 Å². The molecule has 0 saturated carbocycles. The Morgan fingerprint density at radius 2 is 1.76 bits per heavy atom. The molecule has 0 heterocycles. The van der Waals surface area contributed by atoms with Crippen LogP contribution in [0.2, 0.25) is 5.02 Å². The number of amides is 2. The first-order valence-corrected chi connectivity index (χ1v) is 10.6. The highest BCUT2D eigenvalue weighted by atomic mass is 35.5. The highest BCUT2D eigenvalue weighted by molar-refractivity contribution is 7.92. The van der Waals surface area contributed by atoms with E-state index in [2.05, 4.69) is 10.6 Å². The Bertz CT molecular complexity index is 981. The van der Waals surface area contributed by atoms with E-state index in [1.54, 1.807) is 25.1 Å². The average Bonchev–Trinajstić information content (AvgIpc) is 2.70. The molecule has 0 spiro atoms. The van der Waals surface area contributed by atoms with Gasteiger partial charge in [0.1, 0.15) is 0 Å². The Morgan fingerprint density at radius 1 is 1.07 bits per heavy atom. The summed E-state index contributed by atoms with van der Waals surface area (Å²) in [6.07, 6.45) is -0.570. The van der Waals surface area contributed by atoms with Gasteiger partial charge in [-0.3, -0.25) is 9.10 Å². The molecule has 8 nitrogen and oxygen atoms in total. The molecule has 2 aromatic carbocycles. The van der Waals surface area contributed by atoms with Crippen LogP contribution in [0.5, 0.6) is 0 Å². The molecule has 2 rings (SSSR count). The quantitative estimate of drug-likeness (QED) is 0.615. The topological polar surface area (TPSA) is 105 Å². The first kappa shape index (κ1) is 22.5. The van der Waals surface area contributed by atoms with E-state index in [-0.39, 0.29) is 30.2 Å². The van der Waals surface area contributed by atoms with Crippen LogP contribution < -0.4 is 14.9 Å². The summed E-state index contributed by atoms with van der Waals surface area (Å²) in [6, 6.07) is 12.2. The van der Waals surface area contributed by atoms with Gasteiger partial charge in [-0.15, -0.1) is 0 Å². The lowest BCUT2D eigenvalue weighted by molar-refractivity contribution is 0.0952. The monoisotopic (exact) mass is 439 g/mol. The van der Waals surface area contributed by atoms with Crippen LogP contribution in [0.4, 0.5) is 10.5 Å². The van der Waals surface area contributed by atoms with Crippen molar-refractivity contribution in [3.63, 3.8) is 0 Å². The van der Waals surface area contributed by atoms with E-state index in [9.17, 15) is 18.0 Å². The number of sulfonamides is 1. The van der Waals surface area contributed by atoms with E-state index in [1.165, 1.54) is 37.4 Å². The minimum atomic E-state index is -3.89. The van der Waals surface area contributed by atoms with Gasteiger partial charge in [0.2, 0.25) is 0 Å². The average molecular weight is 440 g/mol. The second-order valence-corrected chi connectivity index (χ2v) is 8.29. The molecular weight excluding hydrogens is 418 g/mol. The van der Waals surface area contributed by atoms with Crippen LogP contribution >= 0.6 is 11.6 Å². The minimum Gasteiger partial charge on any atom is -0.450 e. The lowest BCUT2D eigenvalue weighted by atomic mass is 10.2. The molecule has 0 bridgehead atoms. The summed E-state index contributed by atoms with van der Waals surface area (Å²) in [4.78, 5) is 23.5. The highest BCUT2D eigenvalue weighted by Crippen LogP contribution is 2.25. The van der Waals surface area contributed by atoms with Crippen molar-refractivity contribution in [2.75, 3.05) is 31.0 Å². The number of halogens is 1. The van der Waals surface area contributed by atoms with Crippen LogP contribution in [-0.2, 0) is 14.8 Å². The van der Waals surface area contributed by atoms with Gasteiger partial charge in [0.15, 0.2) is 0 Å². The standard InChI is InChI=1S/C19H22ClN3O5S/c1-3-28-19(25)22-11-10-21-18(24)14-6-4-9-17(12-14)29(26,27)23(2)16-8-5-7-15(20)13-16/h4-9,12-13H,3,10-11H2,1-2H3,(H,21,24)(H,22,25). The van der Waals surface area contributed by atoms with Crippen molar-refractivity contribution in [2.45, 2.75) is 11.8 Å². The van der Waals surface area contributed by atoms with E-state index in [1.807, 2.05) is 0 Å². The summed E-state index contributed by atoms with van der Waals surface area (Å²) in [6.45, 7) is 2.28. The molecule has 0 atom stereocenters. The van der Waals surface area contributed by atoms with Crippen molar-refractivity contribution in [3.05, 3.63) is 59.1 Å². The lowest BCUT2D eigenvalue weighted by Gasteiger charge is -2.20. The van der Waals surface area contributed by atoms with Crippen molar-refractivity contribution < 1.29 is 22.7 Å². The summed E-state index contributed by atoms with van der Waals surface area (Å²) in [7, 11) is -2.47. The number of anilines is 1. The van der Waals surface area contributed by atoms with E-state index in [4.69, 9.17) is 16.3 Å². The molecule has 0 radical (unpaired) electrons. The lowest BCUT2D eigenvalue weighted by Crippen LogP contribution is -2.35. The van der Waals surface area contributed by atoms with Crippen LogP contribution in [0.25, 0.3) is 0 Å². The molecular formula is C19H22ClN3O5S. The van der Waals surface area contributed by atoms with Gasteiger partial charge >= 0.3 is 6.09 Å². The Labute approximate surface area is 174 Å². The normalized spacial score (nSPS) is 10.9. The zero-order valence-corrected chi connectivity index (χ0v) is 17.6. The number of nitrogens with one attached hydrogen (secondary N) is 2. The maximum atomic E-state index is 12.9. The van der Waals surface area contributed by atoms with Gasteiger partial charge in [0.05, 0.1) is 17.2 Å². The molecule has 2 amide bonds. The van der Waals surface area contributed by atoms with Gasteiger partial charge in [-0.2, -0.15) is 0 Å². The molecule has 0 aliphatic carbocycles. The Balaban J connectivity index is 2.07. The number of alkyl carbamates (subject to hydrolysis) is 1. The highest BCUT2D eigenvalue weighted by Gasteiger charge is 2.22. The summed E-state index contributed by atoms with van der Waals surface area (Å²) in [5.74, 6) is -0.460. The number of ether oxygens (including phenoxy) is 1. The fourth-order valence-electron chi connectivity index (χ4n) is 2.39. The zero-order chi connectivity index (χ0) is 21.4. The first-order valence-electron chi connectivity index (χ1n) is 8.79. The van der Waals surface area contributed by atoms with E-state index >= 15 is 0 Å². The van der Waals surface area contributed by atoms with Crippen molar-refractivity contribution in [2.24, 2.45) is 0 Å².